The molecule has 1 heterocycles. The molecule has 1 atom stereocenters. The average Bonchev–Trinajstić information content (AvgIpc) is 2.78. The monoisotopic (exact) mass is 231 g/mol. The van der Waals surface area contributed by atoms with Crippen LogP contribution in [0.15, 0.2) is 0 Å². The highest BCUT2D eigenvalue weighted by Crippen LogP contribution is 2.47. The summed E-state index contributed by atoms with van der Waals surface area (Å²) in [6.45, 7) is 3.05. The summed E-state index contributed by atoms with van der Waals surface area (Å²) in [5.41, 5.74) is 5.88. The first-order valence-electron chi connectivity index (χ1n) is 6.26. The summed E-state index contributed by atoms with van der Waals surface area (Å²) in [6, 6.07) is -0.337. The third-order valence-electron chi connectivity index (χ3n) is 4.48. The van der Waals surface area contributed by atoms with Gasteiger partial charge in [0, 0.05) is 18.9 Å². The molecule has 0 aromatic heterocycles. The molecule has 4 heteroatoms. The normalized spacial score (nSPS) is 29.4. The van der Waals surface area contributed by atoms with E-state index in [0.717, 1.165) is 32.1 Å². The first-order valence-corrected chi connectivity index (χ1v) is 6.26. The second-order valence-electron chi connectivity index (χ2n) is 5.08. The molecular formula is C12H22FNO2. The van der Waals surface area contributed by atoms with E-state index < -0.39 is 6.67 Å². The predicted octanol–water partition coefficient (Wildman–Crippen LogP) is 2.00. The molecule has 2 fully saturated rings. The maximum absolute atomic E-state index is 12.8. The summed E-state index contributed by atoms with van der Waals surface area (Å²) in [5.74, 6) is -0.366. The molecule has 1 unspecified atom stereocenters. The molecule has 16 heavy (non-hydrogen) atoms. The molecule has 1 aliphatic heterocycles. The van der Waals surface area contributed by atoms with Crippen LogP contribution in [-0.2, 0) is 9.47 Å². The Kier molecular flexibility index (Phi) is 3.52. The van der Waals surface area contributed by atoms with Crippen LogP contribution in [0, 0.1) is 5.41 Å². The Morgan fingerprint density at radius 2 is 1.75 bits per heavy atom. The van der Waals surface area contributed by atoms with Gasteiger partial charge in [0.15, 0.2) is 5.79 Å². The minimum atomic E-state index is -0.428. The van der Waals surface area contributed by atoms with Gasteiger partial charge >= 0.3 is 0 Å². The Balaban J connectivity index is 2.01. The van der Waals surface area contributed by atoms with E-state index in [4.69, 9.17) is 15.2 Å². The highest BCUT2D eigenvalue weighted by atomic mass is 19.1. The quantitative estimate of drug-likeness (QED) is 0.808. The molecular weight excluding hydrogens is 209 g/mol. The molecule has 2 aliphatic rings. The third kappa shape index (κ3) is 1.98. The summed E-state index contributed by atoms with van der Waals surface area (Å²) in [4.78, 5) is 0. The largest absolute Gasteiger partial charge is 0.348 e. The molecule has 3 nitrogen and oxygen atoms in total. The fourth-order valence-electron chi connectivity index (χ4n) is 3.06. The summed E-state index contributed by atoms with van der Waals surface area (Å²) >= 11 is 0. The fourth-order valence-corrected chi connectivity index (χ4v) is 3.06. The highest BCUT2D eigenvalue weighted by molar-refractivity contribution is 4.96. The SMILES string of the molecule is CCC1(C(N)CF)CCC2(CC1)OCCO2. The molecule has 1 aliphatic carbocycles. The van der Waals surface area contributed by atoms with Crippen LogP contribution in [0.5, 0.6) is 0 Å². The molecule has 94 valence electrons. The van der Waals surface area contributed by atoms with E-state index in [1.54, 1.807) is 0 Å². The summed E-state index contributed by atoms with van der Waals surface area (Å²) in [6.07, 6.45) is 4.47. The van der Waals surface area contributed by atoms with Gasteiger partial charge in [-0.2, -0.15) is 0 Å². The lowest BCUT2D eigenvalue weighted by atomic mass is 9.66. The van der Waals surface area contributed by atoms with E-state index in [-0.39, 0.29) is 17.2 Å². The van der Waals surface area contributed by atoms with Crippen LogP contribution in [0.3, 0.4) is 0 Å². The standard InChI is InChI=1S/C12H22FNO2/c1-2-11(10(14)9-13)3-5-12(6-4-11)15-7-8-16-12/h10H,2-9,14H2,1H3. The number of ether oxygens (including phenoxy) is 2. The van der Waals surface area contributed by atoms with Crippen molar-refractivity contribution < 1.29 is 13.9 Å². The van der Waals surface area contributed by atoms with Gasteiger partial charge < -0.3 is 15.2 Å². The topological polar surface area (TPSA) is 44.5 Å². The number of nitrogens with two attached hydrogens (primary N) is 1. The number of halogens is 1. The van der Waals surface area contributed by atoms with Crippen LogP contribution in [0.25, 0.3) is 0 Å². The molecule has 0 bridgehead atoms. The minimum absolute atomic E-state index is 0.0463. The van der Waals surface area contributed by atoms with E-state index >= 15 is 0 Å². The Morgan fingerprint density at radius 3 is 2.19 bits per heavy atom. The Bertz CT molecular complexity index is 231. The van der Waals surface area contributed by atoms with Crippen molar-refractivity contribution in [2.75, 3.05) is 19.9 Å². The van der Waals surface area contributed by atoms with Gasteiger partial charge in [-0.15, -0.1) is 0 Å². The van der Waals surface area contributed by atoms with Gasteiger partial charge in [0.2, 0.25) is 0 Å². The lowest BCUT2D eigenvalue weighted by Crippen LogP contribution is -2.49. The van der Waals surface area contributed by atoms with Crippen LogP contribution in [0.1, 0.15) is 39.0 Å². The van der Waals surface area contributed by atoms with Crippen molar-refractivity contribution in [3.8, 4) is 0 Å². The van der Waals surface area contributed by atoms with Crippen LogP contribution in [0.4, 0.5) is 4.39 Å². The van der Waals surface area contributed by atoms with Gasteiger partial charge in [0.25, 0.3) is 0 Å². The smallest absolute Gasteiger partial charge is 0.168 e. The summed E-state index contributed by atoms with van der Waals surface area (Å²) in [7, 11) is 0. The molecule has 2 rings (SSSR count). The maximum atomic E-state index is 12.8. The van der Waals surface area contributed by atoms with E-state index in [2.05, 4.69) is 6.92 Å². The highest BCUT2D eigenvalue weighted by Gasteiger charge is 2.47. The summed E-state index contributed by atoms with van der Waals surface area (Å²) in [5, 5.41) is 0. The average molecular weight is 231 g/mol. The maximum Gasteiger partial charge on any atom is 0.168 e. The third-order valence-corrected chi connectivity index (χ3v) is 4.48. The Labute approximate surface area is 96.5 Å². The molecule has 0 radical (unpaired) electrons. The van der Waals surface area contributed by atoms with Crippen LogP contribution >= 0.6 is 0 Å². The molecule has 1 spiro atoms. The molecule has 0 aromatic carbocycles. The first-order chi connectivity index (χ1) is 7.66. The van der Waals surface area contributed by atoms with Crippen molar-refractivity contribution >= 4 is 0 Å². The summed E-state index contributed by atoms with van der Waals surface area (Å²) < 4.78 is 24.1. The van der Waals surface area contributed by atoms with Crippen molar-refractivity contribution in [2.45, 2.75) is 50.9 Å². The van der Waals surface area contributed by atoms with Crippen molar-refractivity contribution in [1.82, 2.24) is 0 Å². The zero-order chi connectivity index (χ0) is 11.6. The number of alkyl halides is 1. The lowest BCUT2D eigenvalue weighted by molar-refractivity contribution is -0.194. The van der Waals surface area contributed by atoms with Gasteiger partial charge in [0.05, 0.1) is 13.2 Å². The molecule has 1 saturated carbocycles. The van der Waals surface area contributed by atoms with Crippen LogP contribution < -0.4 is 5.73 Å². The van der Waals surface area contributed by atoms with E-state index in [1.807, 2.05) is 0 Å². The number of hydrogen-bond acceptors (Lipinski definition) is 3. The van der Waals surface area contributed by atoms with Gasteiger partial charge in [-0.05, 0) is 24.7 Å². The predicted molar refractivity (Wildman–Crippen MR) is 59.8 cm³/mol. The fraction of sp³-hybridized carbons (Fsp3) is 1.00. The zero-order valence-electron chi connectivity index (χ0n) is 10.0. The number of rotatable bonds is 3. The van der Waals surface area contributed by atoms with Crippen LogP contribution in [0.2, 0.25) is 0 Å². The van der Waals surface area contributed by atoms with Gasteiger partial charge in [-0.3, -0.25) is 0 Å². The van der Waals surface area contributed by atoms with Gasteiger partial charge in [-0.1, -0.05) is 6.92 Å². The zero-order valence-corrected chi connectivity index (χ0v) is 10.0. The molecule has 1 saturated heterocycles. The van der Waals surface area contributed by atoms with Crippen LogP contribution in [-0.4, -0.2) is 31.7 Å². The van der Waals surface area contributed by atoms with Crippen molar-refractivity contribution in [1.29, 1.82) is 0 Å². The van der Waals surface area contributed by atoms with E-state index in [1.165, 1.54) is 0 Å². The second kappa shape index (κ2) is 4.59. The molecule has 2 N–H and O–H groups in total. The Morgan fingerprint density at radius 1 is 1.19 bits per heavy atom. The van der Waals surface area contributed by atoms with Gasteiger partial charge in [0.1, 0.15) is 6.67 Å². The van der Waals surface area contributed by atoms with E-state index in [9.17, 15) is 4.39 Å². The molecule has 0 amide bonds. The van der Waals surface area contributed by atoms with E-state index in [0.29, 0.717) is 13.2 Å². The Hall–Kier alpha value is -0.190. The van der Waals surface area contributed by atoms with Crippen molar-refractivity contribution in [2.24, 2.45) is 11.1 Å². The second-order valence-corrected chi connectivity index (χ2v) is 5.08. The minimum Gasteiger partial charge on any atom is -0.348 e. The van der Waals surface area contributed by atoms with Crippen molar-refractivity contribution in [3.05, 3.63) is 0 Å². The molecule has 0 aromatic rings. The van der Waals surface area contributed by atoms with Crippen molar-refractivity contribution in [3.63, 3.8) is 0 Å². The lowest BCUT2D eigenvalue weighted by Gasteiger charge is -2.45. The first kappa shape index (κ1) is 12.3. The number of hydrogen-bond donors (Lipinski definition) is 1. The van der Waals surface area contributed by atoms with Gasteiger partial charge in [-0.25, -0.2) is 4.39 Å².